The summed E-state index contributed by atoms with van der Waals surface area (Å²) in [6, 6.07) is 3.06. The Morgan fingerprint density at radius 2 is 2.14 bits per heavy atom. The first-order chi connectivity index (χ1) is 13.8. The zero-order valence-corrected chi connectivity index (χ0v) is 15.9. The van der Waals surface area contributed by atoms with E-state index in [2.05, 4.69) is 10.6 Å². The number of anilines is 1. The summed E-state index contributed by atoms with van der Waals surface area (Å²) >= 11 is 0. The number of ether oxygens (including phenoxy) is 1. The maximum Gasteiger partial charge on any atom is 0.250 e. The van der Waals surface area contributed by atoms with Crippen molar-refractivity contribution < 1.29 is 28.6 Å². The van der Waals surface area contributed by atoms with Crippen molar-refractivity contribution in [3.05, 3.63) is 29.6 Å². The number of carbonyl (C=O) groups excluding carboxylic acids is 3. The summed E-state index contributed by atoms with van der Waals surface area (Å²) in [6.45, 7) is 2.23. The number of hydrogen-bond acceptors (Lipinski definition) is 6. The largest absolute Gasteiger partial charge is 0.392 e. The molecule has 3 saturated heterocycles. The number of aliphatic hydroxyl groups excluding tert-OH is 1. The lowest BCUT2D eigenvalue weighted by molar-refractivity contribution is -0.144. The first kappa shape index (κ1) is 18.7. The molecule has 4 aliphatic rings. The SMILES string of the molecule is C[C@@H](O)[C@@H]1N[C@@]2(C(=O)Nc3ccc(F)cc32)[C@H]2C(=O)N(C[C@@H]3CCCO3)C(=O)[C@@H]12. The quantitative estimate of drug-likeness (QED) is 0.618. The molecule has 1 aromatic rings. The summed E-state index contributed by atoms with van der Waals surface area (Å²) in [5, 5.41) is 16.1. The van der Waals surface area contributed by atoms with Crippen LogP contribution in [0.2, 0.25) is 0 Å². The molecular formula is C20H22FN3O5. The smallest absolute Gasteiger partial charge is 0.250 e. The van der Waals surface area contributed by atoms with Crippen LogP contribution in [0.15, 0.2) is 18.2 Å². The van der Waals surface area contributed by atoms with Crippen molar-refractivity contribution in [3.8, 4) is 0 Å². The highest BCUT2D eigenvalue weighted by atomic mass is 19.1. The van der Waals surface area contributed by atoms with E-state index in [1.54, 1.807) is 0 Å². The fourth-order valence-corrected chi connectivity index (χ4v) is 5.35. The number of aliphatic hydroxyl groups is 1. The number of amides is 3. The predicted octanol–water partition coefficient (Wildman–Crippen LogP) is 0.106. The number of halogens is 1. The van der Waals surface area contributed by atoms with Gasteiger partial charge in [0.2, 0.25) is 17.7 Å². The molecule has 8 nitrogen and oxygen atoms in total. The van der Waals surface area contributed by atoms with E-state index in [-0.39, 0.29) is 12.6 Å². The molecule has 9 heteroatoms. The van der Waals surface area contributed by atoms with E-state index in [9.17, 15) is 23.9 Å². The monoisotopic (exact) mass is 403 g/mol. The van der Waals surface area contributed by atoms with E-state index in [4.69, 9.17) is 4.74 Å². The summed E-state index contributed by atoms with van der Waals surface area (Å²) < 4.78 is 19.6. The number of rotatable bonds is 3. The number of nitrogens with zero attached hydrogens (tertiary/aromatic N) is 1. The fraction of sp³-hybridized carbons (Fsp3) is 0.550. The lowest BCUT2D eigenvalue weighted by Gasteiger charge is -2.30. The van der Waals surface area contributed by atoms with Crippen LogP contribution in [0.5, 0.6) is 0 Å². The van der Waals surface area contributed by atoms with Gasteiger partial charge in [0.05, 0.1) is 30.6 Å². The summed E-state index contributed by atoms with van der Waals surface area (Å²) in [5.74, 6) is -3.95. The van der Waals surface area contributed by atoms with E-state index in [1.165, 1.54) is 25.1 Å². The van der Waals surface area contributed by atoms with Crippen LogP contribution >= 0.6 is 0 Å². The summed E-state index contributed by atoms with van der Waals surface area (Å²) in [6.07, 6.45) is 0.402. The zero-order chi connectivity index (χ0) is 20.5. The molecule has 3 N–H and O–H groups in total. The van der Waals surface area contributed by atoms with E-state index >= 15 is 0 Å². The van der Waals surface area contributed by atoms with Gasteiger partial charge in [-0.2, -0.15) is 0 Å². The molecule has 0 unspecified atom stereocenters. The Bertz CT molecular complexity index is 915. The first-order valence-electron chi connectivity index (χ1n) is 9.88. The van der Waals surface area contributed by atoms with Gasteiger partial charge in [0, 0.05) is 23.9 Å². The number of likely N-dealkylation sites (tertiary alicyclic amines) is 1. The molecule has 4 heterocycles. The average Bonchev–Trinajstić information content (AvgIpc) is 3.41. The maximum atomic E-state index is 14.1. The third kappa shape index (κ3) is 2.44. The fourth-order valence-electron chi connectivity index (χ4n) is 5.35. The van der Waals surface area contributed by atoms with Crippen molar-refractivity contribution in [3.63, 3.8) is 0 Å². The molecule has 0 aromatic heterocycles. The lowest BCUT2D eigenvalue weighted by Crippen LogP contribution is -2.55. The molecule has 0 aliphatic carbocycles. The van der Waals surface area contributed by atoms with Crippen LogP contribution < -0.4 is 10.6 Å². The Balaban J connectivity index is 1.61. The van der Waals surface area contributed by atoms with Gasteiger partial charge < -0.3 is 15.2 Å². The van der Waals surface area contributed by atoms with Gasteiger partial charge in [-0.15, -0.1) is 0 Å². The number of nitrogens with one attached hydrogen (secondary N) is 2. The predicted molar refractivity (Wildman–Crippen MR) is 98.0 cm³/mol. The van der Waals surface area contributed by atoms with Crippen molar-refractivity contribution in [2.75, 3.05) is 18.5 Å². The van der Waals surface area contributed by atoms with Gasteiger partial charge in [-0.25, -0.2) is 4.39 Å². The van der Waals surface area contributed by atoms with Gasteiger partial charge in [-0.05, 0) is 38.0 Å². The van der Waals surface area contributed by atoms with Gasteiger partial charge in [-0.1, -0.05) is 0 Å². The molecule has 5 rings (SSSR count). The standard InChI is InChI=1S/C20H22FN3O5/c1-9(25)16-14-15(18(27)24(17(14)26)8-11-3-2-6-29-11)20(23-16)12-7-10(21)4-5-13(12)22-19(20)28/h4-5,7,9,11,14-16,23,25H,2-3,6,8H2,1H3,(H,22,28)/t9-,11+,14-,15-,16+,20-/m1/s1. The molecule has 0 saturated carbocycles. The number of carbonyl (C=O) groups is 3. The van der Waals surface area contributed by atoms with Crippen molar-refractivity contribution in [2.45, 2.75) is 43.6 Å². The number of hydrogen-bond donors (Lipinski definition) is 3. The molecule has 154 valence electrons. The van der Waals surface area contributed by atoms with Crippen LogP contribution in [0, 0.1) is 17.7 Å². The number of imide groups is 1. The van der Waals surface area contributed by atoms with Gasteiger partial charge >= 0.3 is 0 Å². The van der Waals surface area contributed by atoms with E-state index < -0.39 is 53.1 Å². The van der Waals surface area contributed by atoms with E-state index in [0.717, 1.165) is 17.7 Å². The van der Waals surface area contributed by atoms with Gasteiger partial charge in [0.25, 0.3) is 0 Å². The lowest BCUT2D eigenvalue weighted by atomic mass is 9.76. The minimum Gasteiger partial charge on any atom is -0.392 e. The Morgan fingerprint density at radius 3 is 2.83 bits per heavy atom. The Kier molecular flexibility index (Phi) is 4.06. The Hall–Kier alpha value is -2.36. The zero-order valence-electron chi connectivity index (χ0n) is 15.9. The van der Waals surface area contributed by atoms with Crippen LogP contribution in [-0.4, -0.2) is 59.1 Å². The molecule has 4 aliphatic heterocycles. The highest BCUT2D eigenvalue weighted by molar-refractivity contribution is 6.15. The molecule has 29 heavy (non-hydrogen) atoms. The summed E-state index contributed by atoms with van der Waals surface area (Å²) in [7, 11) is 0. The van der Waals surface area contributed by atoms with Gasteiger partial charge in [0.1, 0.15) is 11.4 Å². The third-order valence-corrected chi connectivity index (χ3v) is 6.63. The van der Waals surface area contributed by atoms with Crippen molar-refractivity contribution in [1.29, 1.82) is 0 Å². The summed E-state index contributed by atoms with van der Waals surface area (Å²) in [4.78, 5) is 40.9. The number of fused-ring (bicyclic) bond motifs is 4. The third-order valence-electron chi connectivity index (χ3n) is 6.63. The minimum atomic E-state index is -1.60. The van der Waals surface area contributed by atoms with E-state index in [0.29, 0.717) is 17.9 Å². The molecule has 3 fully saturated rings. The normalized spacial score (nSPS) is 36.7. The molecular weight excluding hydrogens is 381 g/mol. The molecule has 1 spiro atoms. The molecule has 3 amide bonds. The Labute approximate surface area is 166 Å². The molecule has 6 atom stereocenters. The maximum absolute atomic E-state index is 14.1. The Morgan fingerprint density at radius 1 is 1.34 bits per heavy atom. The van der Waals surface area contributed by atoms with Crippen LogP contribution in [0.25, 0.3) is 0 Å². The van der Waals surface area contributed by atoms with Gasteiger partial charge in [0.15, 0.2) is 0 Å². The molecule has 0 bridgehead atoms. The van der Waals surface area contributed by atoms with Crippen LogP contribution in [0.3, 0.4) is 0 Å². The van der Waals surface area contributed by atoms with Crippen LogP contribution in [0.4, 0.5) is 10.1 Å². The van der Waals surface area contributed by atoms with Crippen LogP contribution in [-0.2, 0) is 24.7 Å². The molecule has 0 radical (unpaired) electrons. The second-order valence-corrected chi connectivity index (χ2v) is 8.29. The average molecular weight is 403 g/mol. The summed E-state index contributed by atoms with van der Waals surface area (Å²) in [5.41, 5.74) is -0.908. The van der Waals surface area contributed by atoms with Crippen molar-refractivity contribution in [1.82, 2.24) is 10.2 Å². The van der Waals surface area contributed by atoms with Crippen LogP contribution in [0.1, 0.15) is 25.3 Å². The second kappa shape index (κ2) is 6.32. The van der Waals surface area contributed by atoms with E-state index in [1.807, 2.05) is 0 Å². The van der Waals surface area contributed by atoms with Crippen molar-refractivity contribution in [2.24, 2.45) is 11.8 Å². The van der Waals surface area contributed by atoms with Crippen molar-refractivity contribution >= 4 is 23.4 Å². The first-order valence-corrected chi connectivity index (χ1v) is 9.88. The number of benzene rings is 1. The highest BCUT2D eigenvalue weighted by Gasteiger charge is 2.71. The van der Waals surface area contributed by atoms with Gasteiger partial charge in [-0.3, -0.25) is 24.6 Å². The highest BCUT2D eigenvalue weighted by Crippen LogP contribution is 2.53. The topological polar surface area (TPSA) is 108 Å². The molecule has 1 aromatic carbocycles. The minimum absolute atomic E-state index is 0.130. The second-order valence-electron chi connectivity index (χ2n) is 8.29.